The molecule has 1 saturated heterocycles. The second-order valence-electron chi connectivity index (χ2n) is 11.2. The SMILES string of the molecule is CC1(C)CN(Cc2ccc(-n3c(-c4cccnc4N)nc4ccc(-c5ccccc5)nc43)cc2)CCC1C(=O)O. The molecule has 0 aliphatic carbocycles. The third-order valence-electron chi connectivity index (χ3n) is 7.86. The molecule has 1 aliphatic rings. The number of pyridine rings is 2. The van der Waals surface area contributed by atoms with Gasteiger partial charge in [-0.2, -0.15) is 0 Å². The summed E-state index contributed by atoms with van der Waals surface area (Å²) in [5.74, 6) is 0.0813. The van der Waals surface area contributed by atoms with E-state index >= 15 is 0 Å². The lowest BCUT2D eigenvalue weighted by Gasteiger charge is -2.42. The minimum absolute atomic E-state index is 0.277. The summed E-state index contributed by atoms with van der Waals surface area (Å²) in [5, 5.41) is 9.61. The van der Waals surface area contributed by atoms with Crippen molar-refractivity contribution in [3.05, 3.63) is 90.6 Å². The third-order valence-corrected chi connectivity index (χ3v) is 7.86. The smallest absolute Gasteiger partial charge is 0.307 e. The number of nitrogens with two attached hydrogens (primary N) is 1. The Morgan fingerprint density at radius 2 is 1.77 bits per heavy atom. The molecule has 8 heteroatoms. The number of fused-ring (bicyclic) bond motifs is 1. The number of likely N-dealkylation sites (tertiary alicyclic amines) is 1. The van der Waals surface area contributed by atoms with Gasteiger partial charge < -0.3 is 10.8 Å². The number of rotatable bonds is 6. The van der Waals surface area contributed by atoms with E-state index in [2.05, 4.69) is 34.1 Å². The Labute approximate surface area is 233 Å². The summed E-state index contributed by atoms with van der Waals surface area (Å²) in [6.07, 6.45) is 2.33. The van der Waals surface area contributed by atoms with Crippen LogP contribution in [0.2, 0.25) is 0 Å². The highest BCUT2D eigenvalue weighted by molar-refractivity contribution is 5.84. The van der Waals surface area contributed by atoms with Gasteiger partial charge in [0.25, 0.3) is 0 Å². The lowest BCUT2D eigenvalue weighted by atomic mass is 9.74. The number of nitrogen functional groups attached to an aromatic ring is 1. The number of imidazole rings is 1. The second-order valence-corrected chi connectivity index (χ2v) is 11.2. The average Bonchev–Trinajstić information content (AvgIpc) is 3.32. The largest absolute Gasteiger partial charge is 0.481 e. The molecule has 5 aromatic rings. The van der Waals surface area contributed by atoms with E-state index < -0.39 is 5.97 Å². The van der Waals surface area contributed by atoms with E-state index in [1.165, 1.54) is 0 Å². The molecule has 0 bridgehead atoms. The molecule has 2 aromatic carbocycles. The van der Waals surface area contributed by atoms with Crippen molar-refractivity contribution in [2.75, 3.05) is 18.8 Å². The van der Waals surface area contributed by atoms with E-state index in [1.54, 1.807) is 6.20 Å². The molecule has 1 aliphatic heterocycles. The number of hydrogen-bond acceptors (Lipinski definition) is 6. The maximum absolute atomic E-state index is 11.7. The van der Waals surface area contributed by atoms with Crippen LogP contribution in [0.25, 0.3) is 39.5 Å². The van der Waals surface area contributed by atoms with Crippen LogP contribution in [-0.2, 0) is 11.3 Å². The zero-order chi connectivity index (χ0) is 27.9. The highest BCUT2D eigenvalue weighted by Crippen LogP contribution is 2.36. The fourth-order valence-electron chi connectivity index (χ4n) is 5.83. The molecule has 0 radical (unpaired) electrons. The van der Waals surface area contributed by atoms with Gasteiger partial charge in [0.15, 0.2) is 11.5 Å². The van der Waals surface area contributed by atoms with E-state index in [9.17, 15) is 9.90 Å². The van der Waals surface area contributed by atoms with Gasteiger partial charge in [-0.25, -0.2) is 15.0 Å². The lowest BCUT2D eigenvalue weighted by Crippen LogP contribution is -2.47. The summed E-state index contributed by atoms with van der Waals surface area (Å²) in [6, 6.07) is 26.3. The zero-order valence-electron chi connectivity index (χ0n) is 22.7. The van der Waals surface area contributed by atoms with Gasteiger partial charge in [-0.3, -0.25) is 14.3 Å². The highest BCUT2D eigenvalue weighted by atomic mass is 16.4. The Hall–Kier alpha value is -4.56. The van der Waals surface area contributed by atoms with Crippen molar-refractivity contribution in [1.29, 1.82) is 0 Å². The van der Waals surface area contributed by atoms with Crippen molar-refractivity contribution < 1.29 is 9.90 Å². The summed E-state index contributed by atoms with van der Waals surface area (Å²) in [6.45, 7) is 6.38. The van der Waals surface area contributed by atoms with E-state index in [-0.39, 0.29) is 11.3 Å². The van der Waals surface area contributed by atoms with Crippen LogP contribution in [0.1, 0.15) is 25.8 Å². The Kier molecular flexibility index (Phi) is 6.56. The number of benzene rings is 2. The summed E-state index contributed by atoms with van der Waals surface area (Å²) in [4.78, 5) is 28.3. The number of carboxylic acids is 1. The maximum Gasteiger partial charge on any atom is 0.307 e. The van der Waals surface area contributed by atoms with Crippen LogP contribution >= 0.6 is 0 Å². The molecule has 3 aromatic heterocycles. The molecule has 40 heavy (non-hydrogen) atoms. The quantitative estimate of drug-likeness (QED) is 0.290. The minimum atomic E-state index is -0.698. The highest BCUT2D eigenvalue weighted by Gasteiger charge is 2.40. The summed E-state index contributed by atoms with van der Waals surface area (Å²) >= 11 is 0. The van der Waals surface area contributed by atoms with Gasteiger partial charge in [0.05, 0.1) is 17.2 Å². The monoisotopic (exact) mass is 532 g/mol. The van der Waals surface area contributed by atoms with Crippen molar-refractivity contribution in [3.8, 4) is 28.3 Å². The first-order valence-corrected chi connectivity index (χ1v) is 13.5. The van der Waals surface area contributed by atoms with Gasteiger partial charge in [-0.1, -0.05) is 56.3 Å². The van der Waals surface area contributed by atoms with Gasteiger partial charge in [0, 0.05) is 30.5 Å². The van der Waals surface area contributed by atoms with Crippen LogP contribution in [0.5, 0.6) is 0 Å². The van der Waals surface area contributed by atoms with Gasteiger partial charge in [0.2, 0.25) is 0 Å². The Morgan fingerprint density at radius 1 is 1.00 bits per heavy atom. The van der Waals surface area contributed by atoms with Crippen LogP contribution in [0.3, 0.4) is 0 Å². The minimum Gasteiger partial charge on any atom is -0.481 e. The van der Waals surface area contributed by atoms with Gasteiger partial charge in [-0.15, -0.1) is 0 Å². The van der Waals surface area contributed by atoms with Crippen LogP contribution < -0.4 is 5.73 Å². The van der Waals surface area contributed by atoms with Gasteiger partial charge >= 0.3 is 5.97 Å². The molecule has 8 nitrogen and oxygen atoms in total. The molecular formula is C32H32N6O2. The molecule has 1 unspecified atom stereocenters. The molecule has 1 fully saturated rings. The number of anilines is 1. The fourth-order valence-corrected chi connectivity index (χ4v) is 5.83. The number of piperidine rings is 1. The van der Waals surface area contributed by atoms with Gasteiger partial charge in [0.1, 0.15) is 11.3 Å². The molecule has 0 saturated carbocycles. The molecule has 3 N–H and O–H groups in total. The summed E-state index contributed by atoms with van der Waals surface area (Å²) < 4.78 is 2.04. The number of carbonyl (C=O) groups is 1. The normalized spacial score (nSPS) is 17.2. The number of hydrogen-bond donors (Lipinski definition) is 2. The predicted octanol–water partition coefficient (Wildman–Crippen LogP) is 5.66. The Morgan fingerprint density at radius 3 is 2.48 bits per heavy atom. The first-order chi connectivity index (χ1) is 19.3. The summed E-state index contributed by atoms with van der Waals surface area (Å²) in [7, 11) is 0. The molecular weight excluding hydrogens is 500 g/mol. The number of aliphatic carboxylic acids is 1. The maximum atomic E-state index is 11.7. The van der Waals surface area contributed by atoms with Crippen molar-refractivity contribution in [3.63, 3.8) is 0 Å². The standard InChI is InChI=1S/C32H32N6O2/c1-32(2)20-37(18-16-25(32)31(39)40)19-21-10-12-23(13-11-21)38-29(24-9-6-17-34-28(24)33)36-27-15-14-26(35-30(27)38)22-7-4-3-5-8-22/h3-15,17,25H,16,18-20H2,1-2H3,(H2,33,34)(H,39,40). The van der Waals surface area contributed by atoms with Crippen LogP contribution in [0.15, 0.2) is 85.1 Å². The van der Waals surface area contributed by atoms with Gasteiger partial charge in [-0.05, 0) is 60.3 Å². The molecule has 6 rings (SSSR count). The number of carboxylic acid groups (broad SMARTS) is 1. The Bertz CT molecular complexity index is 1680. The van der Waals surface area contributed by atoms with E-state index in [4.69, 9.17) is 15.7 Å². The lowest BCUT2D eigenvalue weighted by molar-refractivity contribution is -0.149. The van der Waals surface area contributed by atoms with Crippen molar-refractivity contribution >= 4 is 23.0 Å². The number of nitrogens with zero attached hydrogens (tertiary/aromatic N) is 5. The van der Waals surface area contributed by atoms with Crippen molar-refractivity contribution in [1.82, 2.24) is 24.4 Å². The summed E-state index contributed by atoms with van der Waals surface area (Å²) in [5.41, 5.74) is 12.3. The fraction of sp³-hybridized carbons (Fsp3) is 0.250. The van der Waals surface area contributed by atoms with Crippen molar-refractivity contribution in [2.45, 2.75) is 26.8 Å². The van der Waals surface area contributed by atoms with E-state index in [1.807, 2.05) is 73.0 Å². The van der Waals surface area contributed by atoms with E-state index in [0.29, 0.717) is 18.1 Å². The van der Waals surface area contributed by atoms with Crippen LogP contribution in [0, 0.1) is 11.3 Å². The first kappa shape index (κ1) is 25.7. The molecule has 0 spiro atoms. The molecule has 202 valence electrons. The first-order valence-electron chi connectivity index (χ1n) is 13.5. The average molecular weight is 533 g/mol. The predicted molar refractivity (Wildman–Crippen MR) is 157 cm³/mol. The second kappa shape index (κ2) is 10.2. The molecule has 1 atom stereocenters. The molecule has 0 amide bonds. The topological polar surface area (TPSA) is 110 Å². The third kappa shape index (κ3) is 4.82. The number of aromatic nitrogens is 4. The Balaban J connectivity index is 1.37. The zero-order valence-corrected chi connectivity index (χ0v) is 22.7. The van der Waals surface area contributed by atoms with Crippen LogP contribution in [0.4, 0.5) is 5.82 Å². The van der Waals surface area contributed by atoms with Crippen LogP contribution in [-0.4, -0.2) is 48.6 Å². The van der Waals surface area contributed by atoms with Crippen molar-refractivity contribution in [2.24, 2.45) is 11.3 Å². The molecule has 4 heterocycles. The van der Waals surface area contributed by atoms with E-state index in [0.717, 1.165) is 58.9 Å².